The van der Waals surface area contributed by atoms with Crippen LogP contribution in [-0.2, 0) is 7.05 Å². The van der Waals surface area contributed by atoms with E-state index in [0.717, 1.165) is 11.3 Å². The molecule has 0 aliphatic rings. The molecule has 0 unspecified atom stereocenters. The van der Waals surface area contributed by atoms with Crippen LogP contribution in [0.15, 0.2) is 36.5 Å². The first-order chi connectivity index (χ1) is 8.97. The summed E-state index contributed by atoms with van der Waals surface area (Å²) in [6.07, 6.45) is 1.66. The standard InChI is InChI=1S/C15H16N2O2/c1-10-4-6-13(7-5-10)16-15(19)14-8-12(11(2)18)9-17(14)3/h4-9H,1-3H3,(H,16,19). The smallest absolute Gasteiger partial charge is 0.272 e. The predicted molar refractivity (Wildman–Crippen MR) is 74.5 cm³/mol. The number of carbonyl (C=O) groups is 2. The molecule has 0 saturated carbocycles. The lowest BCUT2D eigenvalue weighted by molar-refractivity contribution is 0.101. The average molecular weight is 256 g/mol. The van der Waals surface area contributed by atoms with E-state index < -0.39 is 0 Å². The van der Waals surface area contributed by atoms with Crippen molar-refractivity contribution in [3.63, 3.8) is 0 Å². The number of Topliss-reactive ketones (excluding diaryl/α,β-unsaturated/α-hetero) is 1. The number of anilines is 1. The van der Waals surface area contributed by atoms with Crippen molar-refractivity contribution < 1.29 is 9.59 Å². The van der Waals surface area contributed by atoms with Crippen molar-refractivity contribution in [2.24, 2.45) is 7.05 Å². The lowest BCUT2D eigenvalue weighted by Crippen LogP contribution is -2.15. The normalized spacial score (nSPS) is 10.3. The summed E-state index contributed by atoms with van der Waals surface area (Å²) >= 11 is 0. The third-order valence-corrected chi connectivity index (χ3v) is 2.95. The Labute approximate surface area is 112 Å². The number of amides is 1. The Morgan fingerprint density at radius 1 is 1.16 bits per heavy atom. The second-order valence-corrected chi connectivity index (χ2v) is 4.60. The maximum atomic E-state index is 12.1. The Morgan fingerprint density at radius 2 is 1.79 bits per heavy atom. The van der Waals surface area contributed by atoms with Crippen LogP contribution in [0, 0.1) is 6.92 Å². The third-order valence-electron chi connectivity index (χ3n) is 2.95. The Hall–Kier alpha value is -2.36. The third kappa shape index (κ3) is 2.91. The first kappa shape index (κ1) is 13.1. The van der Waals surface area contributed by atoms with Gasteiger partial charge in [0.05, 0.1) is 0 Å². The number of hydrogen-bond acceptors (Lipinski definition) is 2. The zero-order valence-corrected chi connectivity index (χ0v) is 11.2. The molecule has 0 atom stereocenters. The van der Waals surface area contributed by atoms with Crippen LogP contribution in [0.3, 0.4) is 0 Å². The van der Waals surface area contributed by atoms with Crippen molar-refractivity contribution in [1.29, 1.82) is 0 Å². The van der Waals surface area contributed by atoms with Gasteiger partial charge in [0.15, 0.2) is 5.78 Å². The van der Waals surface area contributed by atoms with E-state index in [1.54, 1.807) is 23.9 Å². The fourth-order valence-corrected chi connectivity index (χ4v) is 1.81. The molecule has 2 rings (SSSR count). The number of rotatable bonds is 3. The van der Waals surface area contributed by atoms with E-state index in [1.165, 1.54) is 6.92 Å². The largest absolute Gasteiger partial charge is 0.346 e. The Morgan fingerprint density at radius 3 is 2.32 bits per heavy atom. The molecule has 1 aromatic heterocycles. The van der Waals surface area contributed by atoms with Gasteiger partial charge < -0.3 is 9.88 Å². The van der Waals surface area contributed by atoms with Gasteiger partial charge in [-0.3, -0.25) is 9.59 Å². The minimum absolute atomic E-state index is 0.0509. The fraction of sp³-hybridized carbons (Fsp3) is 0.200. The predicted octanol–water partition coefficient (Wildman–Crippen LogP) is 2.79. The van der Waals surface area contributed by atoms with Gasteiger partial charge in [-0.2, -0.15) is 0 Å². The van der Waals surface area contributed by atoms with Gasteiger partial charge >= 0.3 is 0 Å². The molecule has 19 heavy (non-hydrogen) atoms. The maximum absolute atomic E-state index is 12.1. The summed E-state index contributed by atoms with van der Waals surface area (Å²) in [5.41, 5.74) is 2.87. The summed E-state index contributed by atoms with van der Waals surface area (Å²) in [4.78, 5) is 23.4. The van der Waals surface area contributed by atoms with E-state index in [1.807, 2.05) is 31.2 Å². The molecule has 1 heterocycles. The maximum Gasteiger partial charge on any atom is 0.272 e. The molecule has 0 radical (unpaired) electrons. The molecule has 1 amide bonds. The van der Waals surface area contributed by atoms with Crippen molar-refractivity contribution in [2.45, 2.75) is 13.8 Å². The highest BCUT2D eigenvalue weighted by molar-refractivity contribution is 6.05. The van der Waals surface area contributed by atoms with E-state index in [4.69, 9.17) is 0 Å². The van der Waals surface area contributed by atoms with Gasteiger partial charge in [-0.05, 0) is 32.0 Å². The minimum atomic E-state index is -0.223. The highest BCUT2D eigenvalue weighted by Gasteiger charge is 2.13. The lowest BCUT2D eigenvalue weighted by Gasteiger charge is -2.06. The summed E-state index contributed by atoms with van der Waals surface area (Å²) in [5.74, 6) is -0.274. The van der Waals surface area contributed by atoms with Gasteiger partial charge in [-0.15, -0.1) is 0 Å². The first-order valence-electron chi connectivity index (χ1n) is 6.02. The van der Waals surface area contributed by atoms with Gasteiger partial charge in [0.1, 0.15) is 5.69 Å². The Balaban J connectivity index is 2.20. The zero-order valence-electron chi connectivity index (χ0n) is 11.2. The first-order valence-corrected chi connectivity index (χ1v) is 6.02. The quantitative estimate of drug-likeness (QED) is 0.858. The van der Waals surface area contributed by atoms with Crippen LogP contribution in [-0.4, -0.2) is 16.3 Å². The van der Waals surface area contributed by atoms with Crippen LogP contribution < -0.4 is 5.32 Å². The molecule has 4 heteroatoms. The molecule has 1 aromatic carbocycles. The van der Waals surface area contributed by atoms with Crippen LogP contribution in [0.1, 0.15) is 33.3 Å². The number of benzene rings is 1. The minimum Gasteiger partial charge on any atom is -0.346 e. The number of ketones is 1. The van der Waals surface area contributed by atoms with Crippen molar-refractivity contribution >= 4 is 17.4 Å². The van der Waals surface area contributed by atoms with Crippen LogP contribution >= 0.6 is 0 Å². The van der Waals surface area contributed by atoms with E-state index in [2.05, 4.69) is 5.32 Å². The molecule has 4 nitrogen and oxygen atoms in total. The molecule has 0 fully saturated rings. The summed E-state index contributed by atoms with van der Waals surface area (Å²) in [5, 5.41) is 2.81. The van der Waals surface area contributed by atoms with Gasteiger partial charge in [-0.1, -0.05) is 17.7 Å². The highest BCUT2D eigenvalue weighted by atomic mass is 16.2. The molecule has 0 bridgehead atoms. The van der Waals surface area contributed by atoms with Crippen LogP contribution in [0.2, 0.25) is 0 Å². The van der Waals surface area contributed by atoms with E-state index in [-0.39, 0.29) is 11.7 Å². The molecule has 0 aliphatic carbocycles. The number of aryl methyl sites for hydroxylation is 2. The number of nitrogens with one attached hydrogen (secondary N) is 1. The van der Waals surface area contributed by atoms with Crippen LogP contribution in [0.5, 0.6) is 0 Å². The van der Waals surface area contributed by atoms with E-state index in [9.17, 15) is 9.59 Å². The molecule has 98 valence electrons. The van der Waals surface area contributed by atoms with E-state index in [0.29, 0.717) is 11.3 Å². The van der Waals surface area contributed by atoms with Crippen LogP contribution in [0.4, 0.5) is 5.69 Å². The second-order valence-electron chi connectivity index (χ2n) is 4.60. The topological polar surface area (TPSA) is 51.1 Å². The lowest BCUT2D eigenvalue weighted by atomic mass is 10.2. The Kier molecular flexibility index (Phi) is 3.51. The summed E-state index contributed by atoms with van der Waals surface area (Å²) in [7, 11) is 1.75. The SMILES string of the molecule is CC(=O)c1cc(C(=O)Nc2ccc(C)cc2)n(C)c1. The van der Waals surface area contributed by atoms with Crippen molar-refractivity contribution in [3.8, 4) is 0 Å². The highest BCUT2D eigenvalue weighted by Crippen LogP contribution is 2.13. The zero-order chi connectivity index (χ0) is 14.0. The van der Waals surface area contributed by atoms with Gasteiger partial charge in [0.2, 0.25) is 0 Å². The van der Waals surface area contributed by atoms with Crippen LogP contribution in [0.25, 0.3) is 0 Å². The van der Waals surface area contributed by atoms with Gasteiger partial charge in [0.25, 0.3) is 5.91 Å². The van der Waals surface area contributed by atoms with Gasteiger partial charge in [0, 0.05) is 24.5 Å². The molecule has 0 spiro atoms. The molecule has 0 saturated heterocycles. The van der Waals surface area contributed by atoms with Crippen molar-refractivity contribution in [3.05, 3.63) is 53.3 Å². The second kappa shape index (κ2) is 5.10. The van der Waals surface area contributed by atoms with Crippen molar-refractivity contribution in [2.75, 3.05) is 5.32 Å². The summed E-state index contributed by atoms with van der Waals surface area (Å²) < 4.78 is 1.65. The monoisotopic (exact) mass is 256 g/mol. The molecule has 2 aromatic rings. The summed E-state index contributed by atoms with van der Waals surface area (Å²) in [6.45, 7) is 3.47. The van der Waals surface area contributed by atoms with E-state index >= 15 is 0 Å². The van der Waals surface area contributed by atoms with Gasteiger partial charge in [-0.25, -0.2) is 0 Å². The average Bonchev–Trinajstić information content (AvgIpc) is 2.74. The van der Waals surface area contributed by atoms with Crippen molar-refractivity contribution in [1.82, 2.24) is 4.57 Å². The number of nitrogens with zero attached hydrogens (tertiary/aromatic N) is 1. The Bertz CT molecular complexity index is 624. The molecule has 0 aliphatic heterocycles. The molecule has 1 N–H and O–H groups in total. The molecular weight excluding hydrogens is 240 g/mol. The summed E-state index contributed by atoms with van der Waals surface area (Å²) in [6, 6.07) is 9.17. The fourth-order valence-electron chi connectivity index (χ4n) is 1.81. The number of carbonyl (C=O) groups excluding carboxylic acids is 2. The molecular formula is C15H16N2O2. The number of aromatic nitrogens is 1. The number of hydrogen-bond donors (Lipinski definition) is 1.